The molecule has 0 aromatic heterocycles. The molecule has 0 rings (SSSR count). The van der Waals surface area contributed by atoms with Crippen LogP contribution in [-0.4, -0.2) is 96.7 Å². The number of aliphatic hydroxyl groups excluding tert-OH is 1. The molecule has 99 heavy (non-hydrogen) atoms. The molecule has 0 amide bonds. The summed E-state index contributed by atoms with van der Waals surface area (Å²) >= 11 is 0. The van der Waals surface area contributed by atoms with E-state index in [-0.39, 0.29) is 25.7 Å². The fourth-order valence-corrected chi connectivity index (χ4v) is 13.8. The Hall–Kier alpha value is -1.94. The molecule has 0 radical (unpaired) electrons. The summed E-state index contributed by atoms with van der Waals surface area (Å²) in [6, 6.07) is 0. The van der Waals surface area contributed by atoms with E-state index in [1.165, 1.54) is 205 Å². The van der Waals surface area contributed by atoms with Crippen molar-refractivity contribution in [2.45, 2.75) is 427 Å². The molecule has 0 aromatic carbocycles. The Morgan fingerprint density at radius 3 is 0.717 bits per heavy atom. The summed E-state index contributed by atoms with van der Waals surface area (Å²) in [5, 5.41) is 10.6. The predicted octanol–water partition coefficient (Wildman–Crippen LogP) is 23.6. The lowest BCUT2D eigenvalue weighted by atomic mass is 10.00. The highest BCUT2D eigenvalue weighted by Gasteiger charge is 2.30. The molecule has 17 nitrogen and oxygen atoms in total. The zero-order valence-electron chi connectivity index (χ0n) is 65.1. The molecule has 19 heteroatoms. The number of hydrogen-bond donors (Lipinski definition) is 3. The summed E-state index contributed by atoms with van der Waals surface area (Å²) < 4.78 is 68.6. The topological polar surface area (TPSA) is 237 Å². The number of phosphoric ester groups is 2. The number of phosphoric acid groups is 2. The minimum atomic E-state index is -4.96. The van der Waals surface area contributed by atoms with Gasteiger partial charge in [-0.1, -0.05) is 357 Å². The first-order valence-corrected chi connectivity index (χ1v) is 44.3. The van der Waals surface area contributed by atoms with E-state index >= 15 is 0 Å². The largest absolute Gasteiger partial charge is 0.472 e. The molecule has 0 aromatic rings. The van der Waals surface area contributed by atoms with Gasteiger partial charge in [-0.25, -0.2) is 9.13 Å². The summed E-state index contributed by atoms with van der Waals surface area (Å²) in [6.07, 6.45) is 55.7. The van der Waals surface area contributed by atoms with E-state index < -0.39 is 97.5 Å². The number of esters is 4. The molecule has 588 valence electrons. The minimum absolute atomic E-state index is 0.102. The Morgan fingerprint density at radius 2 is 0.485 bits per heavy atom. The van der Waals surface area contributed by atoms with Gasteiger partial charge in [0, 0.05) is 25.7 Å². The number of hydrogen-bond acceptors (Lipinski definition) is 15. The Labute approximate surface area is 607 Å². The lowest BCUT2D eigenvalue weighted by Crippen LogP contribution is -2.30. The van der Waals surface area contributed by atoms with Crippen molar-refractivity contribution < 1.29 is 80.2 Å². The number of carbonyl (C=O) groups excluding carboxylic acids is 4. The zero-order valence-corrected chi connectivity index (χ0v) is 66.9. The molecule has 0 heterocycles. The van der Waals surface area contributed by atoms with Gasteiger partial charge in [-0.2, -0.15) is 0 Å². The molecule has 0 saturated carbocycles. The number of rotatable bonds is 77. The van der Waals surface area contributed by atoms with Gasteiger partial charge in [0.25, 0.3) is 0 Å². The summed E-state index contributed by atoms with van der Waals surface area (Å²) in [5.74, 6) is 0.957. The van der Waals surface area contributed by atoms with E-state index in [1.807, 2.05) is 0 Å². The maximum atomic E-state index is 13.1. The molecular weight excluding hydrogens is 1290 g/mol. The van der Waals surface area contributed by atoms with Crippen LogP contribution in [-0.2, 0) is 65.4 Å². The minimum Gasteiger partial charge on any atom is -0.462 e. The van der Waals surface area contributed by atoms with Gasteiger partial charge in [-0.05, 0) is 49.4 Å². The smallest absolute Gasteiger partial charge is 0.462 e. The van der Waals surface area contributed by atoms with Gasteiger partial charge < -0.3 is 33.8 Å². The van der Waals surface area contributed by atoms with Crippen molar-refractivity contribution in [1.82, 2.24) is 0 Å². The fraction of sp³-hybridized carbons (Fsp3) is 0.950. The van der Waals surface area contributed by atoms with Gasteiger partial charge >= 0.3 is 39.5 Å². The van der Waals surface area contributed by atoms with Crippen LogP contribution in [0.4, 0.5) is 0 Å². The van der Waals surface area contributed by atoms with Crippen LogP contribution in [0, 0.1) is 23.7 Å². The second kappa shape index (κ2) is 69.1. The molecule has 3 N–H and O–H groups in total. The first-order chi connectivity index (χ1) is 47.7. The Kier molecular flexibility index (Phi) is 67.8. The van der Waals surface area contributed by atoms with Gasteiger partial charge in [-0.15, -0.1) is 0 Å². The zero-order chi connectivity index (χ0) is 73.1. The van der Waals surface area contributed by atoms with Crippen LogP contribution in [0.1, 0.15) is 409 Å². The van der Waals surface area contributed by atoms with Crippen LogP contribution in [0.25, 0.3) is 0 Å². The number of ether oxygens (including phenoxy) is 4. The van der Waals surface area contributed by atoms with E-state index in [4.69, 9.17) is 37.0 Å². The van der Waals surface area contributed by atoms with Crippen molar-refractivity contribution in [3.05, 3.63) is 0 Å². The Balaban J connectivity index is 5.21. The van der Waals surface area contributed by atoms with Gasteiger partial charge in [0.1, 0.15) is 19.3 Å². The first kappa shape index (κ1) is 97.1. The van der Waals surface area contributed by atoms with Crippen molar-refractivity contribution in [2.24, 2.45) is 23.7 Å². The monoisotopic (exact) mass is 1450 g/mol. The maximum absolute atomic E-state index is 13.1. The molecule has 7 atom stereocenters. The lowest BCUT2D eigenvalue weighted by molar-refractivity contribution is -0.161. The van der Waals surface area contributed by atoms with Crippen molar-refractivity contribution in [3.8, 4) is 0 Å². The average molecular weight is 1450 g/mol. The molecule has 4 unspecified atom stereocenters. The van der Waals surface area contributed by atoms with E-state index in [0.717, 1.165) is 120 Å². The third-order valence-electron chi connectivity index (χ3n) is 19.3. The molecule has 0 bridgehead atoms. The SMILES string of the molecule is CCC(C)CCCCCCCCC(=O)OC[C@H](COP(=O)(O)OC[C@H](O)COP(=O)(O)OC[C@@H](COC(=O)CCCCCCCCCCCCCCCCCC(C)C)OC(=O)CCCCCCCCCCCCCCCCCCCCC(C)C)OC(=O)CCCCCCCCC(C)CC. The summed E-state index contributed by atoms with van der Waals surface area (Å²) in [5.41, 5.74) is 0. The van der Waals surface area contributed by atoms with Crippen LogP contribution in [0.3, 0.4) is 0 Å². The molecule has 0 aliphatic rings. The summed E-state index contributed by atoms with van der Waals surface area (Å²) in [6.45, 7) is 14.2. The highest BCUT2D eigenvalue weighted by Crippen LogP contribution is 2.45. The fourth-order valence-electron chi connectivity index (χ4n) is 12.2. The highest BCUT2D eigenvalue weighted by atomic mass is 31.2. The van der Waals surface area contributed by atoms with Crippen molar-refractivity contribution >= 4 is 39.5 Å². The van der Waals surface area contributed by atoms with E-state index in [9.17, 15) is 43.2 Å². The molecule has 0 aliphatic carbocycles. The highest BCUT2D eigenvalue weighted by molar-refractivity contribution is 7.47. The van der Waals surface area contributed by atoms with E-state index in [0.29, 0.717) is 25.7 Å². The van der Waals surface area contributed by atoms with Crippen LogP contribution in [0.2, 0.25) is 0 Å². The second-order valence-electron chi connectivity index (χ2n) is 30.2. The lowest BCUT2D eigenvalue weighted by Gasteiger charge is -2.21. The number of unbranched alkanes of at least 4 members (excludes halogenated alkanes) is 41. The Bertz CT molecular complexity index is 1940. The molecule has 0 saturated heterocycles. The molecule has 0 spiro atoms. The Morgan fingerprint density at radius 1 is 0.283 bits per heavy atom. The van der Waals surface area contributed by atoms with Crippen LogP contribution in [0.15, 0.2) is 0 Å². The quantitative estimate of drug-likeness (QED) is 0.0222. The van der Waals surface area contributed by atoms with Gasteiger partial charge in [0.05, 0.1) is 26.4 Å². The summed E-state index contributed by atoms with van der Waals surface area (Å²) in [4.78, 5) is 72.9. The van der Waals surface area contributed by atoms with Gasteiger partial charge in [0.15, 0.2) is 12.2 Å². The van der Waals surface area contributed by atoms with Gasteiger partial charge in [0.2, 0.25) is 0 Å². The predicted molar refractivity (Wildman–Crippen MR) is 404 cm³/mol. The maximum Gasteiger partial charge on any atom is 0.472 e. The van der Waals surface area contributed by atoms with Crippen molar-refractivity contribution in [3.63, 3.8) is 0 Å². The third-order valence-corrected chi connectivity index (χ3v) is 21.2. The average Bonchev–Trinajstić information content (AvgIpc) is 0.989. The van der Waals surface area contributed by atoms with Crippen molar-refractivity contribution in [1.29, 1.82) is 0 Å². The molecule has 0 fully saturated rings. The van der Waals surface area contributed by atoms with E-state index in [2.05, 4.69) is 55.4 Å². The van der Waals surface area contributed by atoms with Gasteiger partial charge in [-0.3, -0.25) is 37.3 Å². The molecular formula is C80H156O17P2. The molecule has 0 aliphatic heterocycles. The normalized spacial score (nSPS) is 14.6. The third kappa shape index (κ3) is 71.5. The van der Waals surface area contributed by atoms with Crippen LogP contribution >= 0.6 is 15.6 Å². The van der Waals surface area contributed by atoms with Crippen molar-refractivity contribution in [2.75, 3.05) is 39.6 Å². The van der Waals surface area contributed by atoms with Crippen LogP contribution < -0.4 is 0 Å². The standard InChI is InChI=1S/C80H156O17P2/c1-9-72(7)58-50-42-36-38-45-53-61-78(83)91-67-76(97-80(85)63-55-47-39-37-43-51-59-73(8)10-2)69-95-99(88,89)93-65-74(81)64-92-98(86,87)94-68-75(66-90-77(82)60-52-44-34-30-26-22-19-15-17-21-25-29-33-41-49-57-71(5)6)96-79(84)62-54-46-35-31-27-23-18-14-12-11-13-16-20-24-28-32-40-48-56-70(3)4/h70-76,81H,9-69H2,1-8H3,(H,86,87)(H,88,89)/t72?,73?,74-,75-,76-/m1/s1. The number of aliphatic hydroxyl groups is 1. The second-order valence-corrected chi connectivity index (χ2v) is 33.1. The van der Waals surface area contributed by atoms with E-state index in [1.54, 1.807) is 0 Å². The first-order valence-electron chi connectivity index (χ1n) is 41.3. The number of carbonyl (C=O) groups is 4. The van der Waals surface area contributed by atoms with Crippen LogP contribution in [0.5, 0.6) is 0 Å². The summed E-state index contributed by atoms with van der Waals surface area (Å²) in [7, 11) is -9.92.